The van der Waals surface area contributed by atoms with Gasteiger partial charge in [0.05, 0.1) is 4.90 Å². The molecule has 7 nitrogen and oxygen atoms in total. The van der Waals surface area contributed by atoms with Crippen molar-refractivity contribution < 1.29 is 12.9 Å². The average molecular weight is 316 g/mol. The molecule has 0 fully saturated rings. The number of sulfonamides is 1. The zero-order valence-corrected chi connectivity index (χ0v) is 12.8. The standard InChI is InChI=1S/C11H16N4O3S2/c1-7-10(5-9(6-12)19-7)20(16,17)13-4-3-11-14-8(2)18-15-11/h5,13H,3-4,6,12H2,1-2H3. The van der Waals surface area contributed by atoms with Gasteiger partial charge in [-0.3, -0.25) is 0 Å². The Morgan fingerprint density at radius 1 is 1.45 bits per heavy atom. The molecule has 0 radical (unpaired) electrons. The summed E-state index contributed by atoms with van der Waals surface area (Å²) >= 11 is 1.39. The lowest BCUT2D eigenvalue weighted by molar-refractivity contribution is 0.387. The molecule has 20 heavy (non-hydrogen) atoms. The average Bonchev–Trinajstić information content (AvgIpc) is 2.95. The van der Waals surface area contributed by atoms with Gasteiger partial charge in [-0.05, 0) is 13.0 Å². The summed E-state index contributed by atoms with van der Waals surface area (Å²) in [5.74, 6) is 0.944. The summed E-state index contributed by atoms with van der Waals surface area (Å²) in [5.41, 5.74) is 5.52. The summed E-state index contributed by atoms with van der Waals surface area (Å²) < 4.78 is 31.7. The van der Waals surface area contributed by atoms with E-state index in [4.69, 9.17) is 10.3 Å². The fourth-order valence-electron chi connectivity index (χ4n) is 1.71. The molecular formula is C11H16N4O3S2. The Bertz CT molecular complexity index is 690. The number of nitrogens with two attached hydrogens (primary N) is 1. The first-order chi connectivity index (χ1) is 9.42. The lowest BCUT2D eigenvalue weighted by Gasteiger charge is -2.04. The second kappa shape index (κ2) is 6.00. The van der Waals surface area contributed by atoms with Gasteiger partial charge in [0.2, 0.25) is 15.9 Å². The van der Waals surface area contributed by atoms with Gasteiger partial charge in [-0.2, -0.15) is 4.98 Å². The number of nitrogens with one attached hydrogen (secondary N) is 1. The number of nitrogens with zero attached hydrogens (tertiary/aromatic N) is 2. The molecule has 0 unspecified atom stereocenters. The van der Waals surface area contributed by atoms with Gasteiger partial charge in [-0.1, -0.05) is 5.16 Å². The third-order valence-corrected chi connectivity index (χ3v) is 5.41. The van der Waals surface area contributed by atoms with Gasteiger partial charge in [0, 0.05) is 36.2 Å². The SMILES string of the molecule is Cc1nc(CCNS(=O)(=O)c2cc(CN)sc2C)no1. The second-order valence-corrected chi connectivity index (χ2v) is 7.29. The molecule has 0 saturated carbocycles. The van der Waals surface area contributed by atoms with E-state index in [1.165, 1.54) is 11.3 Å². The summed E-state index contributed by atoms with van der Waals surface area (Å²) in [6, 6.07) is 1.61. The van der Waals surface area contributed by atoms with Crippen molar-refractivity contribution in [3.63, 3.8) is 0 Å². The highest BCUT2D eigenvalue weighted by molar-refractivity contribution is 7.89. The van der Waals surface area contributed by atoms with Crippen molar-refractivity contribution in [1.82, 2.24) is 14.9 Å². The molecule has 0 aromatic carbocycles. The van der Waals surface area contributed by atoms with Crippen molar-refractivity contribution in [1.29, 1.82) is 0 Å². The third kappa shape index (κ3) is 3.42. The maximum absolute atomic E-state index is 12.2. The van der Waals surface area contributed by atoms with Gasteiger partial charge in [0.15, 0.2) is 5.82 Å². The van der Waals surface area contributed by atoms with Crippen molar-refractivity contribution in [3.05, 3.63) is 27.5 Å². The number of rotatable bonds is 6. The Morgan fingerprint density at radius 2 is 2.20 bits per heavy atom. The largest absolute Gasteiger partial charge is 0.340 e. The highest BCUT2D eigenvalue weighted by atomic mass is 32.2. The van der Waals surface area contributed by atoms with Crippen LogP contribution in [-0.4, -0.2) is 25.1 Å². The molecule has 0 aliphatic heterocycles. The van der Waals surface area contributed by atoms with Crippen LogP contribution in [0.25, 0.3) is 0 Å². The Labute approximate surface area is 121 Å². The van der Waals surface area contributed by atoms with Crippen LogP contribution in [-0.2, 0) is 23.0 Å². The minimum absolute atomic E-state index is 0.217. The fourth-order valence-corrected chi connectivity index (χ4v) is 4.25. The molecule has 0 aliphatic rings. The van der Waals surface area contributed by atoms with E-state index < -0.39 is 10.0 Å². The fraction of sp³-hybridized carbons (Fsp3) is 0.455. The molecule has 2 aromatic heterocycles. The van der Waals surface area contributed by atoms with Crippen LogP contribution in [0.4, 0.5) is 0 Å². The molecule has 0 saturated heterocycles. The topological polar surface area (TPSA) is 111 Å². The van der Waals surface area contributed by atoms with Crippen LogP contribution in [0.2, 0.25) is 0 Å². The Morgan fingerprint density at radius 3 is 2.75 bits per heavy atom. The summed E-state index contributed by atoms with van der Waals surface area (Å²) in [7, 11) is -3.52. The first-order valence-electron chi connectivity index (χ1n) is 6.00. The number of hydrogen-bond donors (Lipinski definition) is 2. The Balaban J connectivity index is 2.01. The van der Waals surface area contributed by atoms with Crippen molar-refractivity contribution in [2.75, 3.05) is 6.54 Å². The van der Waals surface area contributed by atoms with Gasteiger partial charge in [-0.25, -0.2) is 13.1 Å². The molecular weight excluding hydrogens is 300 g/mol. The first-order valence-corrected chi connectivity index (χ1v) is 8.30. The molecule has 110 valence electrons. The molecule has 2 aromatic rings. The lowest BCUT2D eigenvalue weighted by Crippen LogP contribution is -2.26. The predicted octanol–water partition coefficient (Wildman–Crippen LogP) is 0.728. The molecule has 3 N–H and O–H groups in total. The molecule has 0 atom stereocenters. The van der Waals surface area contributed by atoms with Crippen molar-refractivity contribution in [2.24, 2.45) is 5.73 Å². The molecule has 0 spiro atoms. The molecule has 0 aliphatic carbocycles. The smallest absolute Gasteiger partial charge is 0.241 e. The quantitative estimate of drug-likeness (QED) is 0.812. The minimum Gasteiger partial charge on any atom is -0.340 e. The van der Waals surface area contributed by atoms with Crippen molar-refractivity contribution >= 4 is 21.4 Å². The lowest BCUT2D eigenvalue weighted by atomic mass is 10.4. The third-order valence-electron chi connectivity index (χ3n) is 2.62. The zero-order valence-electron chi connectivity index (χ0n) is 11.2. The van der Waals surface area contributed by atoms with Gasteiger partial charge >= 0.3 is 0 Å². The van der Waals surface area contributed by atoms with E-state index in [1.54, 1.807) is 19.9 Å². The van der Waals surface area contributed by atoms with E-state index in [-0.39, 0.29) is 11.4 Å². The number of aryl methyl sites for hydroxylation is 2. The van der Waals surface area contributed by atoms with E-state index in [0.717, 1.165) is 9.75 Å². The van der Waals surface area contributed by atoms with Gasteiger partial charge in [0.1, 0.15) is 0 Å². The van der Waals surface area contributed by atoms with E-state index >= 15 is 0 Å². The number of hydrogen-bond acceptors (Lipinski definition) is 7. The predicted molar refractivity (Wildman–Crippen MR) is 74.9 cm³/mol. The van der Waals surface area contributed by atoms with E-state index in [0.29, 0.717) is 24.7 Å². The van der Waals surface area contributed by atoms with Gasteiger partial charge in [-0.15, -0.1) is 11.3 Å². The molecule has 2 heterocycles. The Hall–Kier alpha value is -1.29. The van der Waals surface area contributed by atoms with E-state index in [2.05, 4.69) is 14.9 Å². The van der Waals surface area contributed by atoms with Gasteiger partial charge in [0.25, 0.3) is 0 Å². The minimum atomic E-state index is -3.52. The van der Waals surface area contributed by atoms with Crippen LogP contribution >= 0.6 is 11.3 Å². The summed E-state index contributed by atoms with van der Waals surface area (Å²) in [4.78, 5) is 5.87. The highest BCUT2D eigenvalue weighted by Crippen LogP contribution is 2.25. The van der Waals surface area contributed by atoms with Crippen LogP contribution in [0.1, 0.15) is 21.5 Å². The Kier molecular flexibility index (Phi) is 4.53. The number of thiophene rings is 1. The molecule has 9 heteroatoms. The van der Waals surface area contributed by atoms with Crippen LogP contribution in [0.15, 0.2) is 15.5 Å². The van der Waals surface area contributed by atoms with Crippen LogP contribution in [0, 0.1) is 13.8 Å². The normalized spacial score (nSPS) is 11.9. The van der Waals surface area contributed by atoms with Crippen LogP contribution < -0.4 is 10.5 Å². The van der Waals surface area contributed by atoms with Gasteiger partial charge < -0.3 is 10.3 Å². The maximum Gasteiger partial charge on any atom is 0.241 e. The van der Waals surface area contributed by atoms with E-state index in [9.17, 15) is 8.42 Å². The maximum atomic E-state index is 12.2. The van der Waals surface area contributed by atoms with Crippen molar-refractivity contribution in [3.8, 4) is 0 Å². The molecule has 0 amide bonds. The summed E-state index contributed by atoms with van der Waals surface area (Å²) in [6.07, 6.45) is 0.378. The summed E-state index contributed by atoms with van der Waals surface area (Å²) in [5, 5.41) is 3.71. The van der Waals surface area contributed by atoms with Crippen LogP contribution in [0.3, 0.4) is 0 Å². The number of aromatic nitrogens is 2. The molecule has 0 bridgehead atoms. The zero-order chi connectivity index (χ0) is 14.8. The second-order valence-electron chi connectivity index (χ2n) is 4.21. The highest BCUT2D eigenvalue weighted by Gasteiger charge is 2.19. The van der Waals surface area contributed by atoms with Crippen LogP contribution in [0.5, 0.6) is 0 Å². The molecule has 2 rings (SSSR count). The first kappa shape index (κ1) is 15.1. The van der Waals surface area contributed by atoms with Crippen molar-refractivity contribution in [2.45, 2.75) is 31.7 Å². The van der Waals surface area contributed by atoms with E-state index in [1.807, 2.05) is 0 Å². The monoisotopic (exact) mass is 316 g/mol. The summed E-state index contributed by atoms with van der Waals surface area (Å²) in [6.45, 7) is 4.00.